The molecule has 1 aromatic heterocycles. The van der Waals surface area contributed by atoms with Gasteiger partial charge >= 0.3 is 0 Å². The maximum absolute atomic E-state index is 11.7. The van der Waals surface area contributed by atoms with Crippen LogP contribution < -0.4 is 16.4 Å². The van der Waals surface area contributed by atoms with E-state index in [9.17, 15) is 4.79 Å². The molecule has 1 atom stereocenters. The molecule has 1 unspecified atom stereocenters. The molecule has 5 heteroatoms. The van der Waals surface area contributed by atoms with Crippen LogP contribution in [-0.4, -0.2) is 30.5 Å². The Bertz CT molecular complexity index is 487. The lowest BCUT2D eigenvalue weighted by atomic mass is 10.1. The van der Waals surface area contributed by atoms with E-state index in [0.717, 1.165) is 43.0 Å². The lowest BCUT2D eigenvalue weighted by Crippen LogP contribution is -2.27. The SMILES string of the molecule is Cc1cc(C)c(C(N)=O)c(N2CCC(CCN)C2)n1. The first kappa shape index (κ1) is 13.8. The Kier molecular flexibility index (Phi) is 4.04. The van der Waals surface area contributed by atoms with Gasteiger partial charge in [-0.2, -0.15) is 0 Å². The van der Waals surface area contributed by atoms with Gasteiger partial charge in [-0.3, -0.25) is 4.79 Å². The molecule has 0 bridgehead atoms. The van der Waals surface area contributed by atoms with Crippen LogP contribution in [0.15, 0.2) is 6.07 Å². The predicted octanol–water partition coefficient (Wildman–Crippen LogP) is 0.972. The van der Waals surface area contributed by atoms with E-state index >= 15 is 0 Å². The summed E-state index contributed by atoms with van der Waals surface area (Å²) in [5, 5.41) is 0. The van der Waals surface area contributed by atoms with E-state index in [-0.39, 0.29) is 0 Å². The highest BCUT2D eigenvalue weighted by Crippen LogP contribution is 2.28. The van der Waals surface area contributed by atoms with Gasteiger partial charge in [0.2, 0.25) is 0 Å². The van der Waals surface area contributed by atoms with Crippen molar-refractivity contribution in [1.29, 1.82) is 0 Å². The minimum atomic E-state index is -0.401. The highest BCUT2D eigenvalue weighted by Gasteiger charge is 2.26. The van der Waals surface area contributed by atoms with Crippen LogP contribution in [0, 0.1) is 19.8 Å². The van der Waals surface area contributed by atoms with Crippen molar-refractivity contribution in [3.63, 3.8) is 0 Å². The van der Waals surface area contributed by atoms with Crippen molar-refractivity contribution >= 4 is 11.7 Å². The zero-order valence-electron chi connectivity index (χ0n) is 11.6. The molecule has 1 aliphatic rings. The third-order valence-corrected chi connectivity index (χ3v) is 3.73. The Hall–Kier alpha value is -1.62. The van der Waals surface area contributed by atoms with Gasteiger partial charge in [0.1, 0.15) is 5.82 Å². The number of pyridine rings is 1. The minimum Gasteiger partial charge on any atom is -0.365 e. The largest absolute Gasteiger partial charge is 0.365 e. The lowest BCUT2D eigenvalue weighted by Gasteiger charge is -2.21. The van der Waals surface area contributed by atoms with E-state index in [1.807, 2.05) is 19.9 Å². The molecule has 0 spiro atoms. The molecule has 4 N–H and O–H groups in total. The number of rotatable bonds is 4. The summed E-state index contributed by atoms with van der Waals surface area (Å²) >= 11 is 0. The third-order valence-electron chi connectivity index (χ3n) is 3.73. The molecular weight excluding hydrogens is 240 g/mol. The second kappa shape index (κ2) is 5.57. The summed E-state index contributed by atoms with van der Waals surface area (Å²) in [6.45, 7) is 6.39. The van der Waals surface area contributed by atoms with Crippen molar-refractivity contribution in [1.82, 2.24) is 4.98 Å². The van der Waals surface area contributed by atoms with Crippen LogP contribution in [0.1, 0.15) is 34.5 Å². The monoisotopic (exact) mass is 262 g/mol. The maximum atomic E-state index is 11.7. The molecule has 5 nitrogen and oxygen atoms in total. The van der Waals surface area contributed by atoms with Crippen molar-refractivity contribution in [3.8, 4) is 0 Å². The van der Waals surface area contributed by atoms with Gasteiger partial charge in [-0.1, -0.05) is 0 Å². The second-order valence-corrected chi connectivity index (χ2v) is 5.32. The number of carbonyl (C=O) groups excluding carboxylic acids is 1. The second-order valence-electron chi connectivity index (χ2n) is 5.32. The topological polar surface area (TPSA) is 85.2 Å². The number of aryl methyl sites for hydroxylation is 2. The van der Waals surface area contributed by atoms with Gasteiger partial charge in [0.05, 0.1) is 5.56 Å². The van der Waals surface area contributed by atoms with Crippen LogP contribution >= 0.6 is 0 Å². The summed E-state index contributed by atoms with van der Waals surface area (Å²) in [5.74, 6) is 0.931. The van der Waals surface area contributed by atoms with E-state index in [1.165, 1.54) is 0 Å². The number of primary amides is 1. The van der Waals surface area contributed by atoms with Crippen molar-refractivity contribution in [3.05, 3.63) is 22.9 Å². The Morgan fingerprint density at radius 3 is 2.89 bits per heavy atom. The summed E-state index contributed by atoms with van der Waals surface area (Å²) in [6, 6.07) is 1.90. The van der Waals surface area contributed by atoms with Crippen molar-refractivity contribution in [2.45, 2.75) is 26.7 Å². The quantitative estimate of drug-likeness (QED) is 0.846. The smallest absolute Gasteiger partial charge is 0.252 e. The first-order valence-electron chi connectivity index (χ1n) is 6.76. The van der Waals surface area contributed by atoms with Gasteiger partial charge in [-0.15, -0.1) is 0 Å². The number of carbonyl (C=O) groups is 1. The first-order valence-corrected chi connectivity index (χ1v) is 6.76. The van der Waals surface area contributed by atoms with Gasteiger partial charge in [-0.25, -0.2) is 4.98 Å². The Morgan fingerprint density at radius 2 is 2.26 bits per heavy atom. The molecular formula is C14H22N4O. The third kappa shape index (κ3) is 2.87. The molecule has 1 aromatic rings. The average Bonchev–Trinajstić information content (AvgIpc) is 2.76. The molecule has 0 aliphatic carbocycles. The van der Waals surface area contributed by atoms with Crippen LogP contribution in [0.5, 0.6) is 0 Å². The van der Waals surface area contributed by atoms with Gasteiger partial charge in [-0.05, 0) is 50.8 Å². The van der Waals surface area contributed by atoms with Crippen molar-refractivity contribution in [2.24, 2.45) is 17.4 Å². The van der Waals surface area contributed by atoms with Gasteiger partial charge in [0, 0.05) is 18.8 Å². The number of nitrogens with two attached hydrogens (primary N) is 2. The van der Waals surface area contributed by atoms with E-state index in [0.29, 0.717) is 18.0 Å². The number of hydrogen-bond donors (Lipinski definition) is 2. The van der Waals surface area contributed by atoms with Crippen LogP contribution in [0.3, 0.4) is 0 Å². The Morgan fingerprint density at radius 1 is 1.53 bits per heavy atom. The molecule has 0 radical (unpaired) electrons. The van der Waals surface area contributed by atoms with Crippen LogP contribution in [-0.2, 0) is 0 Å². The summed E-state index contributed by atoms with van der Waals surface area (Å²) in [6.07, 6.45) is 2.12. The molecule has 1 amide bonds. The Balaban J connectivity index is 2.32. The molecule has 1 aliphatic heterocycles. The highest BCUT2D eigenvalue weighted by atomic mass is 16.1. The molecule has 104 valence electrons. The normalized spacial score (nSPS) is 18.9. The van der Waals surface area contributed by atoms with Crippen LogP contribution in [0.2, 0.25) is 0 Å². The van der Waals surface area contributed by atoms with E-state index in [4.69, 9.17) is 11.5 Å². The molecule has 0 aromatic carbocycles. The van der Waals surface area contributed by atoms with Crippen LogP contribution in [0.25, 0.3) is 0 Å². The molecule has 1 saturated heterocycles. The number of nitrogens with zero attached hydrogens (tertiary/aromatic N) is 2. The fourth-order valence-corrected chi connectivity index (χ4v) is 2.85. The Labute approximate surface area is 114 Å². The van der Waals surface area contributed by atoms with E-state index in [2.05, 4.69) is 9.88 Å². The summed E-state index contributed by atoms with van der Waals surface area (Å²) in [7, 11) is 0. The average molecular weight is 262 g/mol. The van der Waals surface area contributed by atoms with Gasteiger partial charge in [0.15, 0.2) is 0 Å². The number of hydrogen-bond acceptors (Lipinski definition) is 4. The maximum Gasteiger partial charge on any atom is 0.252 e. The zero-order chi connectivity index (χ0) is 14.0. The van der Waals surface area contributed by atoms with Crippen LogP contribution in [0.4, 0.5) is 5.82 Å². The number of amides is 1. The van der Waals surface area contributed by atoms with Crippen molar-refractivity contribution < 1.29 is 4.79 Å². The minimum absolute atomic E-state index is 0.401. The number of anilines is 1. The predicted molar refractivity (Wildman–Crippen MR) is 76.2 cm³/mol. The summed E-state index contributed by atoms with van der Waals surface area (Å²) in [5.41, 5.74) is 13.5. The zero-order valence-corrected chi connectivity index (χ0v) is 11.6. The first-order chi connectivity index (χ1) is 9.02. The molecule has 19 heavy (non-hydrogen) atoms. The van der Waals surface area contributed by atoms with Gasteiger partial charge in [0.25, 0.3) is 5.91 Å². The highest BCUT2D eigenvalue weighted by molar-refractivity contribution is 5.99. The lowest BCUT2D eigenvalue weighted by molar-refractivity contribution is 0.1000. The van der Waals surface area contributed by atoms with Gasteiger partial charge < -0.3 is 16.4 Å². The fourth-order valence-electron chi connectivity index (χ4n) is 2.85. The summed E-state index contributed by atoms with van der Waals surface area (Å²) < 4.78 is 0. The fraction of sp³-hybridized carbons (Fsp3) is 0.571. The van der Waals surface area contributed by atoms with Crippen molar-refractivity contribution in [2.75, 3.05) is 24.5 Å². The van der Waals surface area contributed by atoms with E-state index < -0.39 is 5.91 Å². The number of aromatic nitrogens is 1. The molecule has 1 fully saturated rings. The standard InChI is InChI=1S/C14H22N4O/c1-9-7-10(2)17-14(12(9)13(16)19)18-6-4-11(8-18)3-5-15/h7,11H,3-6,8,15H2,1-2H3,(H2,16,19). The summed E-state index contributed by atoms with van der Waals surface area (Å²) in [4.78, 5) is 18.3. The molecule has 2 heterocycles. The van der Waals surface area contributed by atoms with E-state index in [1.54, 1.807) is 0 Å². The molecule has 0 saturated carbocycles. The molecule has 2 rings (SSSR count).